The van der Waals surface area contributed by atoms with Gasteiger partial charge in [-0.05, 0) is 68.8 Å². The number of aromatic nitrogens is 3. The number of phenols is 1. The van der Waals surface area contributed by atoms with Crippen LogP contribution in [0.5, 0.6) is 11.5 Å². The van der Waals surface area contributed by atoms with Crippen LogP contribution in [-0.2, 0) is 22.0 Å². The molecule has 0 radical (unpaired) electrons. The van der Waals surface area contributed by atoms with E-state index in [1.807, 2.05) is 0 Å². The number of aliphatic hydroxyl groups is 1. The lowest BCUT2D eigenvalue weighted by Gasteiger charge is -2.13. The number of phenolic OH excluding ortho intramolecular Hbond substituents is 1. The average Bonchev–Trinajstić information content (AvgIpc) is 3.46. The van der Waals surface area contributed by atoms with Crippen LogP contribution < -0.4 is 10.1 Å². The van der Waals surface area contributed by atoms with Crippen molar-refractivity contribution in [2.24, 2.45) is 0 Å². The molecule has 0 spiro atoms. The second kappa shape index (κ2) is 11.5. The van der Waals surface area contributed by atoms with Gasteiger partial charge in [-0.3, -0.25) is 0 Å². The van der Waals surface area contributed by atoms with Gasteiger partial charge in [-0.1, -0.05) is 22.4 Å². The van der Waals surface area contributed by atoms with Crippen molar-refractivity contribution >= 4 is 9.84 Å². The van der Waals surface area contributed by atoms with Crippen LogP contribution in [0.2, 0.25) is 0 Å². The first-order chi connectivity index (χ1) is 17.7. The molecule has 4 aromatic rings. The monoisotopic (exact) mass is 528 g/mol. The fourth-order valence-electron chi connectivity index (χ4n) is 3.61. The zero-order valence-electron chi connectivity index (χ0n) is 20.4. The quantitative estimate of drug-likeness (QED) is 0.232. The van der Waals surface area contributed by atoms with Crippen molar-refractivity contribution in [1.29, 1.82) is 0 Å². The highest BCUT2D eigenvalue weighted by Crippen LogP contribution is 2.26. The normalized spacial score (nSPS) is 12.5. The molecule has 0 saturated carbocycles. The summed E-state index contributed by atoms with van der Waals surface area (Å²) >= 11 is 0. The van der Waals surface area contributed by atoms with Gasteiger partial charge in [0, 0.05) is 6.54 Å². The van der Waals surface area contributed by atoms with Crippen LogP contribution in [0.3, 0.4) is 0 Å². The van der Waals surface area contributed by atoms with E-state index in [1.165, 1.54) is 12.1 Å². The van der Waals surface area contributed by atoms with Crippen LogP contribution in [0.4, 0.5) is 0 Å². The standard InChI is InChI=1S/C25H28N4O7S/c1-16-24(17(2)35-28-16)25-27-23(29-36-25)15-37(32,33)22-9-3-18(4-10-22)11-12-26-13-20(31)14-34-21-7-5-19(30)6-8-21/h3-10,20,26,30-31H,11-15H2,1-2H3/t20-/m0/s1. The lowest BCUT2D eigenvalue weighted by atomic mass is 10.1. The first-order valence-corrected chi connectivity index (χ1v) is 13.2. The molecule has 0 aliphatic carbocycles. The molecule has 0 saturated heterocycles. The highest BCUT2D eigenvalue weighted by Gasteiger charge is 2.22. The van der Waals surface area contributed by atoms with Gasteiger partial charge in [-0.15, -0.1) is 0 Å². The van der Waals surface area contributed by atoms with Crippen molar-refractivity contribution in [2.45, 2.75) is 37.0 Å². The molecule has 196 valence electrons. The van der Waals surface area contributed by atoms with Crippen molar-refractivity contribution in [3.63, 3.8) is 0 Å². The highest BCUT2D eigenvalue weighted by molar-refractivity contribution is 7.90. The van der Waals surface area contributed by atoms with Crippen molar-refractivity contribution in [2.75, 3.05) is 19.7 Å². The molecule has 37 heavy (non-hydrogen) atoms. The summed E-state index contributed by atoms with van der Waals surface area (Å²) in [6.07, 6.45) is -0.0538. The predicted molar refractivity (Wildman–Crippen MR) is 133 cm³/mol. The van der Waals surface area contributed by atoms with E-state index in [0.717, 1.165) is 5.56 Å². The Balaban J connectivity index is 1.23. The molecule has 0 amide bonds. The zero-order valence-corrected chi connectivity index (χ0v) is 21.2. The number of sulfone groups is 1. The second-order valence-corrected chi connectivity index (χ2v) is 10.5. The number of aliphatic hydroxyl groups excluding tert-OH is 1. The summed E-state index contributed by atoms with van der Waals surface area (Å²) in [5, 5.41) is 30.1. The van der Waals surface area contributed by atoms with Gasteiger partial charge in [0.2, 0.25) is 0 Å². The molecule has 4 rings (SSSR count). The Labute approximate surface area is 214 Å². The number of nitrogens with one attached hydrogen (secondary N) is 1. The van der Waals surface area contributed by atoms with E-state index in [9.17, 15) is 18.6 Å². The maximum absolute atomic E-state index is 12.8. The molecule has 11 nitrogen and oxygen atoms in total. The summed E-state index contributed by atoms with van der Waals surface area (Å²) in [4.78, 5) is 4.36. The molecule has 0 unspecified atom stereocenters. The maximum Gasteiger partial charge on any atom is 0.263 e. The number of aromatic hydroxyl groups is 1. The molecule has 2 aromatic carbocycles. The maximum atomic E-state index is 12.8. The predicted octanol–water partition coefficient (Wildman–Crippen LogP) is 2.59. The Bertz CT molecular complexity index is 1390. The van der Waals surface area contributed by atoms with Gasteiger partial charge >= 0.3 is 0 Å². The molecule has 1 atom stereocenters. The Morgan fingerprint density at radius 2 is 1.76 bits per heavy atom. The third-order valence-electron chi connectivity index (χ3n) is 5.57. The zero-order chi connectivity index (χ0) is 26.4. The number of ether oxygens (including phenoxy) is 1. The largest absolute Gasteiger partial charge is 0.508 e. The fourth-order valence-corrected chi connectivity index (χ4v) is 4.79. The van der Waals surface area contributed by atoms with Crippen LogP contribution in [-0.4, -0.2) is 59.7 Å². The van der Waals surface area contributed by atoms with Gasteiger partial charge < -0.3 is 29.3 Å². The van der Waals surface area contributed by atoms with E-state index < -0.39 is 21.7 Å². The fraction of sp³-hybridized carbons (Fsp3) is 0.320. The molecule has 2 aromatic heterocycles. The molecular weight excluding hydrogens is 500 g/mol. The van der Waals surface area contributed by atoms with Crippen LogP contribution in [0, 0.1) is 13.8 Å². The first kappa shape index (κ1) is 26.3. The first-order valence-electron chi connectivity index (χ1n) is 11.6. The number of aryl methyl sites for hydroxylation is 2. The minimum Gasteiger partial charge on any atom is -0.508 e. The number of nitrogens with zero attached hydrogens (tertiary/aromatic N) is 3. The van der Waals surface area contributed by atoms with E-state index in [2.05, 4.69) is 20.6 Å². The topological polar surface area (TPSA) is 161 Å². The van der Waals surface area contributed by atoms with Gasteiger partial charge in [0.05, 0.1) is 10.6 Å². The molecule has 0 aliphatic rings. The Morgan fingerprint density at radius 3 is 2.43 bits per heavy atom. The van der Waals surface area contributed by atoms with E-state index in [4.69, 9.17) is 13.8 Å². The minimum atomic E-state index is -3.67. The Kier molecular flexibility index (Phi) is 8.21. The Morgan fingerprint density at radius 1 is 1.03 bits per heavy atom. The SMILES string of the molecule is Cc1noc(C)c1-c1nc(CS(=O)(=O)c2ccc(CCNC[C@H](O)COc3ccc(O)cc3)cc2)no1. The van der Waals surface area contributed by atoms with Crippen molar-refractivity contribution in [3.8, 4) is 23.0 Å². The van der Waals surface area contributed by atoms with Gasteiger partial charge in [0.1, 0.15) is 41.3 Å². The van der Waals surface area contributed by atoms with E-state index >= 15 is 0 Å². The highest BCUT2D eigenvalue weighted by atomic mass is 32.2. The molecule has 2 heterocycles. The molecular formula is C25H28N4O7S. The summed E-state index contributed by atoms with van der Waals surface area (Å²) in [5.74, 6) is 1.04. The lowest BCUT2D eigenvalue weighted by Crippen LogP contribution is -2.32. The van der Waals surface area contributed by atoms with Crippen LogP contribution in [0.1, 0.15) is 22.8 Å². The summed E-state index contributed by atoms with van der Waals surface area (Å²) in [6.45, 7) is 4.49. The molecule has 3 N–H and O–H groups in total. The average molecular weight is 529 g/mol. The lowest BCUT2D eigenvalue weighted by molar-refractivity contribution is 0.106. The smallest absolute Gasteiger partial charge is 0.263 e. The molecule has 12 heteroatoms. The van der Waals surface area contributed by atoms with Gasteiger partial charge in [-0.25, -0.2) is 8.42 Å². The number of rotatable bonds is 12. The molecule has 0 bridgehead atoms. The Hall–Kier alpha value is -3.74. The summed E-state index contributed by atoms with van der Waals surface area (Å²) < 4.78 is 41.5. The van der Waals surface area contributed by atoms with E-state index in [-0.39, 0.29) is 29.0 Å². The summed E-state index contributed by atoms with van der Waals surface area (Å²) in [5.41, 5.74) is 2.09. The second-order valence-electron chi connectivity index (χ2n) is 8.53. The van der Waals surface area contributed by atoms with Gasteiger partial charge in [0.15, 0.2) is 15.7 Å². The van der Waals surface area contributed by atoms with Crippen LogP contribution >= 0.6 is 0 Å². The van der Waals surface area contributed by atoms with Gasteiger partial charge in [0.25, 0.3) is 5.89 Å². The number of hydrogen-bond acceptors (Lipinski definition) is 11. The minimum absolute atomic E-state index is 0.0521. The molecule has 0 aliphatic heterocycles. The van der Waals surface area contributed by atoms with Crippen molar-refractivity contribution in [3.05, 3.63) is 71.4 Å². The summed E-state index contributed by atoms with van der Waals surface area (Å²) in [7, 11) is -3.67. The molecule has 0 fully saturated rings. The summed E-state index contributed by atoms with van der Waals surface area (Å²) in [6, 6.07) is 12.9. The third kappa shape index (κ3) is 6.94. The van der Waals surface area contributed by atoms with Gasteiger partial charge in [-0.2, -0.15) is 4.98 Å². The number of hydrogen-bond donors (Lipinski definition) is 3. The van der Waals surface area contributed by atoms with Crippen LogP contribution in [0.25, 0.3) is 11.5 Å². The van der Waals surface area contributed by atoms with Crippen LogP contribution in [0.15, 0.2) is 62.5 Å². The number of benzene rings is 2. The third-order valence-corrected chi connectivity index (χ3v) is 7.20. The van der Waals surface area contributed by atoms with E-state index in [1.54, 1.807) is 50.2 Å². The van der Waals surface area contributed by atoms with E-state index in [0.29, 0.717) is 42.3 Å². The van der Waals surface area contributed by atoms with Crippen molar-refractivity contribution < 1.29 is 32.4 Å². The van der Waals surface area contributed by atoms with Crippen molar-refractivity contribution in [1.82, 2.24) is 20.6 Å².